The minimum Gasteiger partial charge on any atom is -0.477 e. The van der Waals surface area contributed by atoms with Crippen LogP contribution in [0.25, 0.3) is 11.0 Å². The lowest BCUT2D eigenvalue weighted by Gasteiger charge is -2.46. The Bertz CT molecular complexity index is 1070. The molecule has 1 aromatic carbocycles. The Labute approximate surface area is 194 Å². The molecule has 0 saturated carbocycles. The summed E-state index contributed by atoms with van der Waals surface area (Å²) >= 11 is 0. The predicted molar refractivity (Wildman–Crippen MR) is 126 cm³/mol. The Kier molecular flexibility index (Phi) is 6.46. The molecule has 0 bridgehead atoms. The van der Waals surface area contributed by atoms with Crippen LogP contribution in [0.2, 0.25) is 0 Å². The van der Waals surface area contributed by atoms with Crippen molar-refractivity contribution in [3.8, 4) is 5.88 Å². The number of rotatable bonds is 7. The van der Waals surface area contributed by atoms with Crippen molar-refractivity contribution in [3.05, 3.63) is 47.9 Å². The highest BCUT2D eigenvalue weighted by molar-refractivity contribution is 5.88. The summed E-state index contributed by atoms with van der Waals surface area (Å²) in [4.78, 5) is 11.5. The van der Waals surface area contributed by atoms with E-state index in [1.165, 1.54) is 17.7 Å². The monoisotopic (exact) mass is 453 g/mol. The number of anilines is 1. The van der Waals surface area contributed by atoms with Crippen molar-refractivity contribution in [2.45, 2.75) is 32.4 Å². The van der Waals surface area contributed by atoms with Crippen LogP contribution in [0.3, 0.4) is 0 Å². The Morgan fingerprint density at radius 2 is 2.09 bits per heavy atom. The molecule has 5 rings (SSSR count). The highest BCUT2D eigenvalue weighted by Crippen LogP contribution is 2.31. The van der Waals surface area contributed by atoms with E-state index in [1.807, 2.05) is 12.3 Å². The van der Waals surface area contributed by atoms with Gasteiger partial charge in [-0.1, -0.05) is 18.1 Å². The minimum absolute atomic E-state index is 0.261. The lowest BCUT2D eigenvalue weighted by molar-refractivity contribution is 0.0716. The number of fused-ring (bicyclic) bond motifs is 2. The van der Waals surface area contributed by atoms with Crippen LogP contribution in [0.5, 0.6) is 5.88 Å². The van der Waals surface area contributed by atoms with Crippen molar-refractivity contribution in [2.75, 3.05) is 51.3 Å². The molecule has 7 nitrogen and oxygen atoms in total. The van der Waals surface area contributed by atoms with Crippen molar-refractivity contribution in [1.29, 1.82) is 0 Å². The van der Waals surface area contributed by atoms with E-state index in [2.05, 4.69) is 44.9 Å². The van der Waals surface area contributed by atoms with Crippen LogP contribution >= 0.6 is 0 Å². The normalized spacial score (nSPS) is 21.5. The van der Waals surface area contributed by atoms with Crippen LogP contribution < -0.4 is 9.64 Å². The van der Waals surface area contributed by atoms with Crippen LogP contribution in [0, 0.1) is 11.7 Å². The number of piperidine rings is 1. The molecule has 2 aliphatic rings. The van der Waals surface area contributed by atoms with Gasteiger partial charge in [-0.3, -0.25) is 4.90 Å². The number of piperazine rings is 1. The second-order valence-electron chi connectivity index (χ2n) is 9.33. The van der Waals surface area contributed by atoms with E-state index in [4.69, 9.17) is 9.26 Å². The molecule has 0 radical (unpaired) electrons. The van der Waals surface area contributed by atoms with Gasteiger partial charge in [0.15, 0.2) is 11.4 Å². The Hall–Kier alpha value is -2.71. The molecule has 0 N–H and O–H groups in total. The molecule has 2 saturated heterocycles. The first-order valence-corrected chi connectivity index (χ1v) is 11.9. The largest absolute Gasteiger partial charge is 0.477 e. The molecular weight excluding hydrogens is 421 g/mol. The molecule has 3 aromatic rings. The molecule has 0 spiro atoms. The van der Waals surface area contributed by atoms with Gasteiger partial charge in [0.05, 0.1) is 12.0 Å². The smallest absolute Gasteiger partial charge is 0.213 e. The zero-order valence-corrected chi connectivity index (χ0v) is 19.4. The summed E-state index contributed by atoms with van der Waals surface area (Å²) in [5.41, 5.74) is 1.83. The maximum Gasteiger partial charge on any atom is 0.213 e. The maximum atomic E-state index is 13.7. The second-order valence-corrected chi connectivity index (χ2v) is 9.33. The summed E-state index contributed by atoms with van der Waals surface area (Å²) in [6.07, 6.45) is 4.16. The van der Waals surface area contributed by atoms with Crippen molar-refractivity contribution in [3.63, 3.8) is 0 Å². The quantitative estimate of drug-likeness (QED) is 0.539. The van der Waals surface area contributed by atoms with Gasteiger partial charge in [0.2, 0.25) is 5.88 Å². The molecule has 0 unspecified atom stereocenters. The lowest BCUT2D eigenvalue weighted by Crippen LogP contribution is -2.57. The highest BCUT2D eigenvalue weighted by atomic mass is 19.1. The first kappa shape index (κ1) is 22.1. The predicted octanol–water partition coefficient (Wildman–Crippen LogP) is 3.79. The summed E-state index contributed by atoms with van der Waals surface area (Å²) in [5, 5.41) is 4.99. The molecule has 0 aliphatic carbocycles. The summed E-state index contributed by atoms with van der Waals surface area (Å²) < 4.78 is 25.2. The number of nitrogens with zero attached hydrogens (tertiary/aromatic N) is 5. The van der Waals surface area contributed by atoms with Gasteiger partial charge < -0.3 is 19.1 Å². The third-order valence-electron chi connectivity index (χ3n) is 6.97. The van der Waals surface area contributed by atoms with Crippen molar-refractivity contribution < 1.29 is 13.7 Å². The second kappa shape index (κ2) is 9.65. The van der Waals surface area contributed by atoms with E-state index < -0.39 is 0 Å². The molecule has 2 aliphatic heterocycles. The highest BCUT2D eigenvalue weighted by Gasteiger charge is 2.34. The average molecular weight is 454 g/mol. The van der Waals surface area contributed by atoms with Gasteiger partial charge in [0.25, 0.3) is 0 Å². The number of hydrogen-bond acceptors (Lipinski definition) is 7. The number of ether oxygens (including phenoxy) is 1. The summed E-state index contributed by atoms with van der Waals surface area (Å²) in [6.45, 7) is 8.51. The van der Waals surface area contributed by atoms with E-state index in [0.717, 1.165) is 63.3 Å². The van der Waals surface area contributed by atoms with Crippen molar-refractivity contribution in [1.82, 2.24) is 19.9 Å². The average Bonchev–Trinajstić information content (AvgIpc) is 3.26. The molecule has 8 heteroatoms. The number of halogens is 1. The van der Waals surface area contributed by atoms with E-state index >= 15 is 0 Å². The Morgan fingerprint density at radius 3 is 2.91 bits per heavy atom. The zero-order chi connectivity index (χ0) is 22.8. The minimum atomic E-state index is -0.261. The standard InChI is InChI=1S/C25H32FN5O2/c1-3-29(2)14-18-5-9-24(27-13-18)32-17-19-4-7-21-16-31(11-10-30(21)15-19)25-22-12-20(26)6-8-23(22)33-28-25/h5-6,8-9,12-13,19,21H,3-4,7,10-11,14-17H2,1-2H3/t19-,21-/m1/s1. The topological polar surface area (TPSA) is 57.9 Å². The van der Waals surface area contributed by atoms with E-state index in [0.29, 0.717) is 30.0 Å². The van der Waals surface area contributed by atoms with Crippen LogP contribution in [0.4, 0.5) is 10.2 Å². The van der Waals surface area contributed by atoms with E-state index in [1.54, 1.807) is 6.07 Å². The van der Waals surface area contributed by atoms with Crippen LogP contribution in [0.1, 0.15) is 25.3 Å². The zero-order valence-electron chi connectivity index (χ0n) is 19.4. The molecule has 2 fully saturated rings. The molecule has 33 heavy (non-hydrogen) atoms. The van der Waals surface area contributed by atoms with Gasteiger partial charge in [0.1, 0.15) is 5.82 Å². The fraction of sp³-hybridized carbons (Fsp3) is 0.520. The number of aromatic nitrogens is 2. The lowest BCUT2D eigenvalue weighted by atomic mass is 9.91. The molecular formula is C25H32FN5O2. The van der Waals surface area contributed by atoms with Crippen molar-refractivity contribution in [2.24, 2.45) is 5.92 Å². The SMILES string of the molecule is CCN(C)Cc1ccc(OC[C@@H]2CC[C@@H]3CN(c4noc5ccc(F)cc45)CCN3C2)nc1. The van der Waals surface area contributed by atoms with Crippen LogP contribution in [-0.2, 0) is 6.54 Å². The summed E-state index contributed by atoms with van der Waals surface area (Å²) in [7, 11) is 2.11. The fourth-order valence-corrected chi connectivity index (χ4v) is 4.93. The fourth-order valence-electron chi connectivity index (χ4n) is 4.93. The Morgan fingerprint density at radius 1 is 1.18 bits per heavy atom. The van der Waals surface area contributed by atoms with Crippen LogP contribution in [-0.4, -0.2) is 72.4 Å². The van der Waals surface area contributed by atoms with Crippen molar-refractivity contribution >= 4 is 16.8 Å². The van der Waals surface area contributed by atoms with Gasteiger partial charge in [-0.15, -0.1) is 0 Å². The summed E-state index contributed by atoms with van der Waals surface area (Å²) in [6, 6.07) is 9.13. The van der Waals surface area contributed by atoms with Gasteiger partial charge >= 0.3 is 0 Å². The molecule has 2 aromatic heterocycles. The maximum absolute atomic E-state index is 13.7. The van der Waals surface area contributed by atoms with Gasteiger partial charge in [-0.05, 0) is 50.2 Å². The first-order valence-electron chi connectivity index (χ1n) is 11.9. The molecule has 2 atom stereocenters. The molecule has 176 valence electrons. The third kappa shape index (κ3) is 4.96. The number of hydrogen-bond donors (Lipinski definition) is 0. The molecule has 0 amide bonds. The number of benzene rings is 1. The van der Waals surface area contributed by atoms with Gasteiger partial charge in [-0.2, -0.15) is 0 Å². The molecule has 4 heterocycles. The summed E-state index contributed by atoms with van der Waals surface area (Å²) in [5.74, 6) is 1.70. The Balaban J connectivity index is 1.13. The first-order chi connectivity index (χ1) is 16.1. The van der Waals surface area contributed by atoms with E-state index in [-0.39, 0.29) is 5.82 Å². The van der Waals surface area contributed by atoms with Gasteiger partial charge in [-0.25, -0.2) is 9.37 Å². The third-order valence-corrected chi connectivity index (χ3v) is 6.97. The van der Waals surface area contributed by atoms with E-state index in [9.17, 15) is 4.39 Å². The van der Waals surface area contributed by atoms with Gasteiger partial charge in [0, 0.05) is 56.9 Å². The van der Waals surface area contributed by atoms with Crippen LogP contribution in [0.15, 0.2) is 41.1 Å². The number of pyridine rings is 1.